The Morgan fingerprint density at radius 1 is 1.12 bits per heavy atom. The molecule has 1 aromatic carbocycles. The van der Waals surface area contributed by atoms with Gasteiger partial charge in [-0.1, -0.05) is 11.6 Å². The predicted molar refractivity (Wildman–Crippen MR) is 134 cm³/mol. The van der Waals surface area contributed by atoms with E-state index >= 15 is 0 Å². The number of pyridine rings is 1. The van der Waals surface area contributed by atoms with Gasteiger partial charge < -0.3 is 20.8 Å². The number of fused-ring (bicyclic) bond motifs is 1. The van der Waals surface area contributed by atoms with Crippen molar-refractivity contribution >= 4 is 29.3 Å². The Balaban J connectivity index is 0.00000259. The summed E-state index contributed by atoms with van der Waals surface area (Å²) in [4.78, 5) is 21.3. The van der Waals surface area contributed by atoms with Crippen LogP contribution >= 0.6 is 12.4 Å². The molecule has 7 heteroatoms. The van der Waals surface area contributed by atoms with Crippen LogP contribution in [0.25, 0.3) is 22.2 Å². The van der Waals surface area contributed by atoms with Gasteiger partial charge in [0, 0.05) is 35.1 Å². The number of H-pyrrole nitrogens is 1. The quantitative estimate of drug-likeness (QED) is 0.471. The van der Waals surface area contributed by atoms with Crippen LogP contribution in [0.2, 0.25) is 0 Å². The van der Waals surface area contributed by atoms with Crippen molar-refractivity contribution < 1.29 is 9.53 Å². The molecule has 0 spiro atoms. The number of nitrogens with zero attached hydrogens (tertiary/aromatic N) is 1. The minimum absolute atomic E-state index is 0. The molecule has 0 radical (unpaired) electrons. The molecule has 2 aliphatic carbocycles. The summed E-state index contributed by atoms with van der Waals surface area (Å²) in [6.45, 7) is 4.78. The average molecular weight is 469 g/mol. The van der Waals surface area contributed by atoms with Crippen LogP contribution in [0.4, 0.5) is 0 Å². The lowest BCUT2D eigenvalue weighted by molar-refractivity contribution is 0.0927. The maximum Gasteiger partial charge on any atom is 0.255 e. The minimum Gasteiger partial charge on any atom is -0.493 e. The highest BCUT2D eigenvalue weighted by Gasteiger charge is 2.26. The monoisotopic (exact) mass is 468 g/mol. The molecule has 0 saturated heterocycles. The van der Waals surface area contributed by atoms with Crippen LogP contribution in [0.3, 0.4) is 0 Å². The molecular weight excluding hydrogens is 436 g/mol. The molecule has 4 N–H and O–H groups in total. The molecule has 2 heterocycles. The van der Waals surface area contributed by atoms with E-state index in [-0.39, 0.29) is 30.4 Å². The Kier molecular flexibility index (Phi) is 6.96. The third-order valence-electron chi connectivity index (χ3n) is 6.81. The molecule has 6 nitrogen and oxygen atoms in total. The summed E-state index contributed by atoms with van der Waals surface area (Å²) in [6.07, 6.45) is 8.06. The van der Waals surface area contributed by atoms with E-state index in [1.54, 1.807) is 6.20 Å². The number of nitrogens with two attached hydrogens (primary N) is 1. The van der Waals surface area contributed by atoms with E-state index in [4.69, 9.17) is 10.5 Å². The van der Waals surface area contributed by atoms with E-state index in [0.717, 1.165) is 60.4 Å². The Bertz CT molecular complexity index is 1150. The van der Waals surface area contributed by atoms with E-state index in [1.165, 1.54) is 18.4 Å². The fourth-order valence-electron chi connectivity index (χ4n) is 4.70. The Labute approximate surface area is 201 Å². The van der Waals surface area contributed by atoms with Gasteiger partial charge in [0.2, 0.25) is 0 Å². The largest absolute Gasteiger partial charge is 0.493 e. The first kappa shape index (κ1) is 23.6. The predicted octanol–water partition coefficient (Wildman–Crippen LogP) is 5.06. The summed E-state index contributed by atoms with van der Waals surface area (Å²) in [5.74, 6) is 1.50. The molecule has 1 amide bonds. The number of aromatic amines is 1. The zero-order valence-electron chi connectivity index (χ0n) is 19.3. The van der Waals surface area contributed by atoms with Crippen LogP contribution in [0.15, 0.2) is 30.5 Å². The van der Waals surface area contributed by atoms with Crippen molar-refractivity contribution in [3.05, 3.63) is 47.3 Å². The van der Waals surface area contributed by atoms with Gasteiger partial charge in [0.1, 0.15) is 11.3 Å². The maximum atomic E-state index is 13.2. The molecule has 2 aromatic heterocycles. The number of hydrogen-bond acceptors (Lipinski definition) is 4. The number of halogens is 1. The zero-order chi connectivity index (χ0) is 22.2. The van der Waals surface area contributed by atoms with Crippen molar-refractivity contribution in [2.75, 3.05) is 6.61 Å². The Morgan fingerprint density at radius 3 is 2.61 bits per heavy atom. The van der Waals surface area contributed by atoms with E-state index in [1.807, 2.05) is 13.0 Å². The lowest BCUT2D eigenvalue weighted by atomic mass is 9.91. The number of carbonyl (C=O) groups is 1. The standard InChI is InChI=1S/C26H32N4O2.ClH/c1-15-3-10-22(32-14-17-4-5-17)21(13-15)20-11-12-28-25-23(16(2)29-24(20)25)26(31)30-19-8-6-18(27)7-9-19;/h3,10-13,17-19,29H,4-9,14,27H2,1-2H3,(H,30,31);1H/t18-,19-;. The van der Waals surface area contributed by atoms with Crippen LogP contribution in [-0.4, -0.2) is 34.6 Å². The van der Waals surface area contributed by atoms with Gasteiger partial charge in [0.15, 0.2) is 0 Å². The number of ether oxygens (including phenoxy) is 1. The van der Waals surface area contributed by atoms with E-state index in [0.29, 0.717) is 17.0 Å². The third-order valence-corrected chi connectivity index (χ3v) is 6.81. The van der Waals surface area contributed by atoms with Gasteiger partial charge in [-0.3, -0.25) is 9.78 Å². The highest BCUT2D eigenvalue weighted by Crippen LogP contribution is 2.38. The molecular formula is C26H33ClN4O2. The lowest BCUT2D eigenvalue weighted by Crippen LogP contribution is -2.40. The minimum atomic E-state index is -0.0617. The van der Waals surface area contributed by atoms with Crippen molar-refractivity contribution in [1.29, 1.82) is 0 Å². The van der Waals surface area contributed by atoms with Gasteiger partial charge in [0.25, 0.3) is 5.91 Å². The van der Waals surface area contributed by atoms with Gasteiger partial charge in [-0.2, -0.15) is 0 Å². The zero-order valence-corrected chi connectivity index (χ0v) is 20.1. The van der Waals surface area contributed by atoms with Gasteiger partial charge >= 0.3 is 0 Å². The lowest BCUT2D eigenvalue weighted by Gasteiger charge is -2.26. The number of amides is 1. The summed E-state index contributed by atoms with van der Waals surface area (Å²) in [7, 11) is 0. The SMILES string of the molecule is Cc1ccc(OCC2CC2)c(-c2ccnc3c(C(=O)N[C@H]4CC[C@H](N)CC4)c(C)[nH]c23)c1.Cl. The van der Waals surface area contributed by atoms with Crippen LogP contribution in [-0.2, 0) is 0 Å². The first-order valence-corrected chi connectivity index (χ1v) is 11.8. The first-order chi connectivity index (χ1) is 15.5. The number of rotatable bonds is 6. The molecule has 2 fully saturated rings. The third kappa shape index (κ3) is 5.02. The maximum absolute atomic E-state index is 13.2. The highest BCUT2D eigenvalue weighted by molar-refractivity contribution is 6.09. The number of aromatic nitrogens is 2. The topological polar surface area (TPSA) is 93.0 Å². The summed E-state index contributed by atoms with van der Waals surface area (Å²) in [5, 5.41) is 3.22. The number of nitrogens with one attached hydrogen (secondary N) is 2. The van der Waals surface area contributed by atoms with Gasteiger partial charge in [-0.25, -0.2) is 0 Å². The molecule has 0 bridgehead atoms. The van der Waals surface area contributed by atoms with Crippen molar-refractivity contribution in [1.82, 2.24) is 15.3 Å². The van der Waals surface area contributed by atoms with Crippen LogP contribution in [0, 0.1) is 19.8 Å². The fraction of sp³-hybridized carbons (Fsp3) is 0.462. The van der Waals surface area contributed by atoms with Crippen molar-refractivity contribution in [3.8, 4) is 16.9 Å². The molecule has 176 valence electrons. The second-order valence-electron chi connectivity index (χ2n) is 9.55. The number of benzene rings is 1. The van der Waals surface area contributed by atoms with Crippen LogP contribution in [0.5, 0.6) is 5.75 Å². The smallest absolute Gasteiger partial charge is 0.255 e. The van der Waals surface area contributed by atoms with Crippen molar-refractivity contribution in [3.63, 3.8) is 0 Å². The van der Waals surface area contributed by atoms with Crippen LogP contribution in [0.1, 0.15) is 60.1 Å². The molecule has 3 aromatic rings. The summed E-state index contributed by atoms with van der Waals surface area (Å²) in [5.41, 5.74) is 12.3. The first-order valence-electron chi connectivity index (χ1n) is 11.8. The van der Waals surface area contributed by atoms with Crippen LogP contribution < -0.4 is 15.8 Å². The van der Waals surface area contributed by atoms with Gasteiger partial charge in [0.05, 0.1) is 17.7 Å². The number of hydrogen-bond donors (Lipinski definition) is 3. The van der Waals surface area contributed by atoms with Crippen molar-refractivity contribution in [2.45, 2.75) is 64.5 Å². The molecule has 2 saturated carbocycles. The molecule has 2 aliphatic rings. The average Bonchev–Trinajstić information content (AvgIpc) is 3.54. The van der Waals surface area contributed by atoms with Gasteiger partial charge in [-0.05, 0) is 76.5 Å². The van der Waals surface area contributed by atoms with Crippen molar-refractivity contribution in [2.24, 2.45) is 11.7 Å². The van der Waals surface area contributed by atoms with E-state index < -0.39 is 0 Å². The Hall–Kier alpha value is -2.57. The van der Waals surface area contributed by atoms with E-state index in [9.17, 15) is 4.79 Å². The normalized spacial score (nSPS) is 20.3. The van der Waals surface area contributed by atoms with Gasteiger partial charge in [-0.15, -0.1) is 12.4 Å². The Morgan fingerprint density at radius 2 is 1.88 bits per heavy atom. The molecule has 0 unspecified atom stereocenters. The van der Waals surface area contributed by atoms with E-state index in [2.05, 4.69) is 40.4 Å². The molecule has 0 atom stereocenters. The molecule has 5 rings (SSSR count). The summed E-state index contributed by atoms with van der Waals surface area (Å²) < 4.78 is 6.19. The second kappa shape index (κ2) is 9.74. The summed E-state index contributed by atoms with van der Waals surface area (Å²) in [6, 6.07) is 8.72. The summed E-state index contributed by atoms with van der Waals surface area (Å²) >= 11 is 0. The number of carbonyl (C=O) groups excluding carboxylic acids is 1. The fourth-order valence-corrected chi connectivity index (χ4v) is 4.70. The highest BCUT2D eigenvalue weighted by atomic mass is 35.5. The number of aryl methyl sites for hydroxylation is 2. The molecule has 33 heavy (non-hydrogen) atoms. The molecule has 0 aliphatic heterocycles. The second-order valence-corrected chi connectivity index (χ2v) is 9.55.